The van der Waals surface area contributed by atoms with Crippen LogP contribution in [-0.2, 0) is 16.1 Å². The van der Waals surface area contributed by atoms with Gasteiger partial charge in [0, 0.05) is 55.8 Å². The SMILES string of the molecule is Cc1ncc(CN2CCC(N3CCC(C(=O)NC[C@@H]4CCCO4)CC3)CC2)s1. The predicted molar refractivity (Wildman–Crippen MR) is 111 cm³/mol. The molecule has 4 rings (SSSR count). The Morgan fingerprint density at radius 2 is 2.00 bits per heavy atom. The Morgan fingerprint density at radius 1 is 1.21 bits per heavy atom. The number of aryl methyl sites for hydroxylation is 1. The van der Waals surface area contributed by atoms with Gasteiger partial charge in [-0.3, -0.25) is 9.69 Å². The number of piperidine rings is 2. The van der Waals surface area contributed by atoms with Gasteiger partial charge in [0.1, 0.15) is 0 Å². The molecule has 0 bridgehead atoms. The highest BCUT2D eigenvalue weighted by molar-refractivity contribution is 7.11. The van der Waals surface area contributed by atoms with Crippen LogP contribution in [0.2, 0.25) is 0 Å². The molecule has 28 heavy (non-hydrogen) atoms. The second-order valence-electron chi connectivity index (χ2n) is 8.54. The minimum atomic E-state index is 0.187. The van der Waals surface area contributed by atoms with E-state index in [-0.39, 0.29) is 17.9 Å². The summed E-state index contributed by atoms with van der Waals surface area (Å²) in [6.45, 7) is 9.14. The van der Waals surface area contributed by atoms with Crippen LogP contribution < -0.4 is 5.32 Å². The van der Waals surface area contributed by atoms with Gasteiger partial charge in [0.05, 0.1) is 11.1 Å². The molecule has 0 aliphatic carbocycles. The normalized spacial score (nSPS) is 26.0. The minimum absolute atomic E-state index is 0.187. The number of carbonyl (C=O) groups excluding carboxylic acids is 1. The quantitative estimate of drug-likeness (QED) is 0.786. The first-order valence-corrected chi connectivity index (χ1v) is 11.8. The molecule has 0 aromatic carbocycles. The molecule has 1 atom stereocenters. The summed E-state index contributed by atoms with van der Waals surface area (Å²) in [5.41, 5.74) is 0. The molecule has 1 aromatic rings. The van der Waals surface area contributed by atoms with Crippen molar-refractivity contribution in [3.05, 3.63) is 16.1 Å². The first kappa shape index (κ1) is 20.3. The van der Waals surface area contributed by atoms with Crippen LogP contribution in [0, 0.1) is 12.8 Å². The zero-order valence-corrected chi connectivity index (χ0v) is 17.9. The van der Waals surface area contributed by atoms with Crippen molar-refractivity contribution in [2.75, 3.05) is 39.3 Å². The van der Waals surface area contributed by atoms with Gasteiger partial charge in [0.2, 0.25) is 5.91 Å². The Bertz CT molecular complexity index is 630. The van der Waals surface area contributed by atoms with E-state index in [9.17, 15) is 4.79 Å². The molecule has 156 valence electrons. The summed E-state index contributed by atoms with van der Waals surface area (Å²) in [4.78, 5) is 23.4. The van der Waals surface area contributed by atoms with Gasteiger partial charge >= 0.3 is 0 Å². The van der Waals surface area contributed by atoms with Gasteiger partial charge in [-0.25, -0.2) is 4.98 Å². The molecular weight excluding hydrogens is 372 g/mol. The zero-order chi connectivity index (χ0) is 19.3. The zero-order valence-electron chi connectivity index (χ0n) is 17.1. The molecule has 1 N–H and O–H groups in total. The van der Waals surface area contributed by atoms with E-state index in [1.165, 1.54) is 30.8 Å². The number of nitrogens with one attached hydrogen (secondary N) is 1. The summed E-state index contributed by atoms with van der Waals surface area (Å²) < 4.78 is 5.60. The lowest BCUT2D eigenvalue weighted by Gasteiger charge is -2.41. The van der Waals surface area contributed by atoms with Crippen LogP contribution in [-0.4, -0.2) is 72.2 Å². The van der Waals surface area contributed by atoms with Crippen LogP contribution in [0.3, 0.4) is 0 Å². The van der Waals surface area contributed by atoms with E-state index in [4.69, 9.17) is 4.74 Å². The van der Waals surface area contributed by atoms with E-state index in [1.54, 1.807) is 0 Å². The van der Waals surface area contributed by atoms with Crippen molar-refractivity contribution in [1.29, 1.82) is 0 Å². The Hall–Kier alpha value is -1.02. The van der Waals surface area contributed by atoms with E-state index in [1.807, 2.05) is 17.5 Å². The number of aromatic nitrogens is 1. The van der Waals surface area contributed by atoms with Crippen LogP contribution >= 0.6 is 11.3 Å². The van der Waals surface area contributed by atoms with Gasteiger partial charge in [-0.2, -0.15) is 0 Å². The molecule has 0 spiro atoms. The van der Waals surface area contributed by atoms with Crippen LogP contribution in [0.25, 0.3) is 0 Å². The molecule has 3 aliphatic heterocycles. The Balaban J connectivity index is 1.15. The van der Waals surface area contributed by atoms with Crippen molar-refractivity contribution >= 4 is 17.2 Å². The summed E-state index contributed by atoms with van der Waals surface area (Å²) >= 11 is 1.82. The largest absolute Gasteiger partial charge is 0.376 e. The lowest BCUT2D eigenvalue weighted by Crippen LogP contribution is -2.49. The molecule has 1 aromatic heterocycles. The van der Waals surface area contributed by atoms with Crippen molar-refractivity contribution in [3.8, 4) is 0 Å². The number of hydrogen-bond donors (Lipinski definition) is 1. The summed E-state index contributed by atoms with van der Waals surface area (Å²) in [7, 11) is 0. The van der Waals surface area contributed by atoms with E-state index >= 15 is 0 Å². The van der Waals surface area contributed by atoms with Gasteiger partial charge in [-0.05, 0) is 58.5 Å². The third-order valence-electron chi connectivity index (χ3n) is 6.55. The summed E-state index contributed by atoms with van der Waals surface area (Å²) in [6.07, 6.45) is 8.96. The van der Waals surface area contributed by atoms with Crippen molar-refractivity contribution in [3.63, 3.8) is 0 Å². The minimum Gasteiger partial charge on any atom is -0.376 e. The summed E-state index contributed by atoms with van der Waals surface area (Å²) in [6, 6.07) is 0.690. The van der Waals surface area contributed by atoms with Crippen LogP contribution in [0.1, 0.15) is 48.4 Å². The van der Waals surface area contributed by atoms with Crippen molar-refractivity contribution in [2.45, 2.75) is 64.1 Å². The number of amides is 1. The van der Waals surface area contributed by atoms with Gasteiger partial charge in [0.15, 0.2) is 0 Å². The van der Waals surface area contributed by atoms with Crippen LogP contribution in [0.4, 0.5) is 0 Å². The maximum Gasteiger partial charge on any atom is 0.223 e. The molecule has 0 saturated carbocycles. The predicted octanol–water partition coefficient (Wildman–Crippen LogP) is 2.42. The van der Waals surface area contributed by atoms with Crippen LogP contribution in [0.5, 0.6) is 0 Å². The first-order valence-electron chi connectivity index (χ1n) is 10.9. The van der Waals surface area contributed by atoms with E-state index in [0.717, 1.165) is 56.9 Å². The van der Waals surface area contributed by atoms with E-state index in [2.05, 4.69) is 27.0 Å². The average molecular weight is 407 g/mol. The van der Waals surface area contributed by atoms with Crippen LogP contribution in [0.15, 0.2) is 6.20 Å². The fourth-order valence-electron chi connectivity index (χ4n) is 4.83. The highest BCUT2D eigenvalue weighted by Crippen LogP contribution is 2.25. The number of ether oxygens (including phenoxy) is 1. The van der Waals surface area contributed by atoms with Gasteiger partial charge < -0.3 is 15.0 Å². The summed E-state index contributed by atoms with van der Waals surface area (Å²) in [5.74, 6) is 0.428. The lowest BCUT2D eigenvalue weighted by atomic mass is 9.92. The Kier molecular flexibility index (Phi) is 6.99. The fraction of sp³-hybridized carbons (Fsp3) is 0.810. The molecule has 0 unspecified atom stereocenters. The molecule has 3 aliphatic rings. The van der Waals surface area contributed by atoms with E-state index < -0.39 is 0 Å². The molecule has 4 heterocycles. The Morgan fingerprint density at radius 3 is 2.64 bits per heavy atom. The first-order chi connectivity index (χ1) is 13.7. The van der Waals surface area contributed by atoms with Crippen molar-refractivity contribution in [1.82, 2.24) is 20.1 Å². The highest BCUT2D eigenvalue weighted by atomic mass is 32.1. The highest BCUT2D eigenvalue weighted by Gasteiger charge is 2.31. The molecule has 1 amide bonds. The topological polar surface area (TPSA) is 57.7 Å². The molecule has 3 saturated heterocycles. The smallest absolute Gasteiger partial charge is 0.223 e. The molecular formula is C21H34N4O2S. The van der Waals surface area contributed by atoms with Gasteiger partial charge in [0.25, 0.3) is 0 Å². The molecule has 0 radical (unpaired) electrons. The molecule has 7 heteroatoms. The monoisotopic (exact) mass is 406 g/mol. The number of hydrogen-bond acceptors (Lipinski definition) is 6. The number of likely N-dealkylation sites (tertiary alicyclic amines) is 2. The van der Waals surface area contributed by atoms with Crippen molar-refractivity contribution < 1.29 is 9.53 Å². The average Bonchev–Trinajstić information content (AvgIpc) is 3.39. The maximum absolute atomic E-state index is 12.5. The maximum atomic E-state index is 12.5. The molecule has 6 nitrogen and oxygen atoms in total. The second kappa shape index (κ2) is 9.65. The number of rotatable bonds is 6. The lowest BCUT2D eigenvalue weighted by molar-refractivity contribution is -0.127. The van der Waals surface area contributed by atoms with Crippen molar-refractivity contribution in [2.24, 2.45) is 5.92 Å². The number of thiazole rings is 1. The standard InChI is InChI=1S/C21H34N4O2S/c1-16-22-14-20(28-16)15-24-8-6-18(7-9-24)25-10-4-17(5-11-25)21(26)23-13-19-3-2-12-27-19/h14,17-19H,2-13,15H2,1H3,(H,23,26)/t19-/m0/s1. The second-order valence-corrected chi connectivity index (χ2v) is 9.86. The van der Waals surface area contributed by atoms with Gasteiger partial charge in [-0.1, -0.05) is 0 Å². The summed E-state index contributed by atoms with van der Waals surface area (Å²) in [5, 5.41) is 4.29. The Labute approximate surface area is 172 Å². The van der Waals surface area contributed by atoms with E-state index in [0.29, 0.717) is 12.6 Å². The third kappa shape index (κ3) is 5.32. The number of carbonyl (C=O) groups is 1. The van der Waals surface area contributed by atoms with Gasteiger partial charge in [-0.15, -0.1) is 11.3 Å². The third-order valence-corrected chi connectivity index (χ3v) is 7.45. The number of nitrogens with zero attached hydrogens (tertiary/aromatic N) is 3. The fourth-order valence-corrected chi connectivity index (χ4v) is 5.67. The molecule has 3 fully saturated rings.